The largest absolute Gasteiger partial charge is 0.369 e. The molecule has 0 aliphatic carbocycles. The summed E-state index contributed by atoms with van der Waals surface area (Å²) in [7, 11) is -16.2. The van der Waals surface area contributed by atoms with E-state index in [0.29, 0.717) is 0 Å². The summed E-state index contributed by atoms with van der Waals surface area (Å²) in [6.45, 7) is 0. The molecule has 160 valence electrons. The van der Waals surface area contributed by atoms with Gasteiger partial charge in [-0.15, -0.1) is 0 Å². The molecule has 0 fully saturated rings. The first kappa shape index (κ1) is 25.6. The van der Waals surface area contributed by atoms with Gasteiger partial charge in [0.15, 0.2) is 10.1 Å². The van der Waals surface area contributed by atoms with Crippen LogP contribution in [0.3, 0.4) is 0 Å². The molecule has 0 saturated carbocycles. The van der Waals surface area contributed by atoms with Crippen LogP contribution in [-0.4, -0.2) is 48.0 Å². The number of benzene rings is 1. The second-order valence-corrected chi connectivity index (χ2v) is 13.1. The van der Waals surface area contributed by atoms with E-state index in [9.17, 15) is 37.8 Å². The van der Waals surface area contributed by atoms with Crippen molar-refractivity contribution >= 4 is 40.5 Å². The van der Waals surface area contributed by atoms with E-state index in [4.69, 9.17) is 18.1 Å². The summed E-state index contributed by atoms with van der Waals surface area (Å²) in [6.07, 6.45) is 0. The molecule has 28 heavy (non-hydrogen) atoms. The van der Waals surface area contributed by atoms with Gasteiger partial charge in [-0.05, 0) is 0 Å². The van der Waals surface area contributed by atoms with Crippen LogP contribution < -0.4 is 10.4 Å². The van der Waals surface area contributed by atoms with Crippen molar-refractivity contribution in [3.8, 4) is 0 Å². The highest BCUT2D eigenvalue weighted by atomic mass is 31.2. The lowest BCUT2D eigenvalue weighted by Crippen LogP contribution is -2.30. The average molecular weight is 480 g/mol. The minimum atomic E-state index is -5.53. The summed E-state index contributed by atoms with van der Waals surface area (Å²) < 4.78 is 69.1. The molecule has 0 radical (unpaired) electrons. The normalized spacial score (nSPS) is 13.4. The highest BCUT2D eigenvalue weighted by Gasteiger charge is 2.45. The van der Waals surface area contributed by atoms with Crippen LogP contribution in [0, 0.1) is 0 Å². The Labute approximate surface area is 160 Å². The van der Waals surface area contributed by atoms with Gasteiger partial charge in [-0.1, -0.05) is 24.3 Å². The molecule has 1 aromatic carbocycles. The summed E-state index contributed by atoms with van der Waals surface area (Å²) >= 11 is 0. The van der Waals surface area contributed by atoms with Gasteiger partial charge in [0.05, 0.1) is 0 Å². The third-order valence-corrected chi connectivity index (χ3v) is 11.5. The molecule has 0 heterocycles. The first-order valence-corrected chi connectivity index (χ1v) is 13.4. The third-order valence-electron chi connectivity index (χ3n) is 3.44. The molecule has 12 nitrogen and oxygen atoms in total. The lowest BCUT2D eigenvalue weighted by atomic mass is 10.3. The van der Waals surface area contributed by atoms with Gasteiger partial charge >= 0.3 is 30.4 Å². The van der Waals surface area contributed by atoms with Gasteiger partial charge in [0.25, 0.3) is 0 Å². The molecule has 0 aliphatic heterocycles. The molecule has 16 heteroatoms. The van der Waals surface area contributed by atoms with E-state index in [2.05, 4.69) is 0 Å². The quantitative estimate of drug-likeness (QED) is 0.390. The Kier molecular flexibility index (Phi) is 8.36. The molecule has 0 spiro atoms. The molecule has 0 aliphatic rings. The van der Waals surface area contributed by atoms with Crippen molar-refractivity contribution in [2.45, 2.75) is 0 Å². The maximum Gasteiger partial charge on any atom is 0.369 e. The smallest absolute Gasteiger partial charge is 0.321 e. The number of rotatable bonds is 8. The van der Waals surface area contributed by atoms with Gasteiger partial charge in [-0.2, -0.15) is 0 Å². The fraction of sp³-hybridized carbons (Fsp3) is 0.333. The molecule has 0 saturated heterocycles. The van der Waals surface area contributed by atoms with Crippen molar-refractivity contribution in [1.29, 1.82) is 0 Å². The van der Waals surface area contributed by atoms with Crippen LogP contribution in [0.2, 0.25) is 0 Å². The van der Waals surface area contributed by atoms with Gasteiger partial charge in [-0.25, -0.2) is 0 Å². The van der Waals surface area contributed by atoms with Crippen LogP contribution in [-0.2, 0) is 36.4 Å². The van der Waals surface area contributed by atoms with E-state index in [-0.39, 0.29) is 0 Å². The van der Waals surface area contributed by atoms with E-state index in [0.717, 1.165) is 40.6 Å². The molecule has 1 aromatic rings. The molecule has 0 aromatic heterocycles. The van der Waals surface area contributed by atoms with Gasteiger partial charge < -0.3 is 37.7 Å². The second-order valence-electron chi connectivity index (χ2n) is 5.01. The van der Waals surface area contributed by atoms with Gasteiger partial charge in [0.1, 0.15) is 0 Å². The van der Waals surface area contributed by atoms with E-state index in [1.165, 1.54) is 12.1 Å². The molecule has 0 bridgehead atoms. The monoisotopic (exact) mass is 480 g/mol. The first-order valence-electron chi connectivity index (χ1n) is 7.12. The zero-order valence-corrected chi connectivity index (χ0v) is 18.7. The third kappa shape index (κ3) is 5.18. The Morgan fingerprint density at radius 1 is 0.643 bits per heavy atom. The topological polar surface area (TPSA) is 186 Å². The maximum absolute atomic E-state index is 13.1. The Morgan fingerprint density at radius 2 is 0.929 bits per heavy atom. The lowest BCUT2D eigenvalue weighted by molar-refractivity contribution is 0.276. The average Bonchev–Trinajstić information content (AvgIpc) is 2.60. The Bertz CT molecular complexity index is 967. The second kappa shape index (κ2) is 9.14. The summed E-state index contributed by atoms with van der Waals surface area (Å²) in [5.74, 6) is 0. The lowest BCUT2D eigenvalue weighted by Gasteiger charge is -2.23. The number of hydrogen-bond acceptors (Lipinski definition) is 8. The standard InChI is InChI=1S/C12H20O12P4/c1-21-27(19,22-2)12(28(20,23-3)24-4)10-8-6-5-7-9(10)11(25(13,14)15)26(16,17)18/h5-8H,1-4H3,(H2,13,14,15)(H2,16,17,18). The van der Waals surface area contributed by atoms with Crippen LogP contribution in [0.25, 0.3) is 10.1 Å². The number of hydrogen-bond donors (Lipinski definition) is 4. The minimum Gasteiger partial charge on any atom is -0.321 e. The summed E-state index contributed by atoms with van der Waals surface area (Å²) in [5, 5.41) is -3.58. The zero-order valence-electron chi connectivity index (χ0n) is 15.2. The Hall–Kier alpha value is -0.440. The minimum absolute atomic E-state index is 0.511. The van der Waals surface area contributed by atoms with Crippen molar-refractivity contribution in [2.75, 3.05) is 28.4 Å². The predicted octanol–water partition coefficient (Wildman–Crippen LogP) is 1.15. The van der Waals surface area contributed by atoms with Crippen molar-refractivity contribution < 1.29 is 55.9 Å². The van der Waals surface area contributed by atoms with E-state index in [1.807, 2.05) is 0 Å². The van der Waals surface area contributed by atoms with Crippen LogP contribution in [0.1, 0.15) is 0 Å². The highest BCUT2D eigenvalue weighted by molar-refractivity contribution is 7.88. The maximum atomic E-state index is 13.1. The highest BCUT2D eigenvalue weighted by Crippen LogP contribution is 2.73. The Morgan fingerprint density at radius 3 is 1.18 bits per heavy atom. The van der Waals surface area contributed by atoms with Crippen molar-refractivity contribution in [1.82, 2.24) is 0 Å². The van der Waals surface area contributed by atoms with Gasteiger partial charge in [0.2, 0.25) is 0 Å². The molecule has 1 rings (SSSR count). The zero-order chi connectivity index (χ0) is 22.0. The molecular weight excluding hydrogens is 460 g/mol. The summed E-state index contributed by atoms with van der Waals surface area (Å²) in [6, 6.07) is 4.48. The SMILES string of the molecule is COP(=O)(OC)C(=c1ccccc1=C(P(=O)(O)O)P(=O)(O)O)P(=O)(OC)OC. The van der Waals surface area contributed by atoms with Crippen molar-refractivity contribution in [2.24, 2.45) is 0 Å². The van der Waals surface area contributed by atoms with Crippen molar-refractivity contribution in [3.63, 3.8) is 0 Å². The first-order chi connectivity index (χ1) is 12.7. The van der Waals surface area contributed by atoms with Crippen molar-refractivity contribution in [3.05, 3.63) is 34.7 Å². The van der Waals surface area contributed by atoms with Crippen LogP contribution in [0.5, 0.6) is 0 Å². The fourth-order valence-electron chi connectivity index (χ4n) is 2.30. The van der Waals surface area contributed by atoms with E-state index in [1.54, 1.807) is 0 Å². The van der Waals surface area contributed by atoms with Crippen LogP contribution in [0.4, 0.5) is 0 Å². The summed E-state index contributed by atoms with van der Waals surface area (Å²) in [4.78, 5) is 38.1. The molecule has 0 unspecified atom stereocenters. The fourth-order valence-corrected chi connectivity index (χ4v) is 8.82. The molecule has 4 N–H and O–H groups in total. The van der Waals surface area contributed by atoms with Gasteiger partial charge in [-0.3, -0.25) is 18.3 Å². The van der Waals surface area contributed by atoms with Crippen LogP contribution >= 0.6 is 30.4 Å². The van der Waals surface area contributed by atoms with Crippen LogP contribution in [0.15, 0.2) is 24.3 Å². The Balaban J connectivity index is 4.62. The molecule has 0 atom stereocenters. The van der Waals surface area contributed by atoms with E-state index >= 15 is 0 Å². The molecular formula is C12H20O12P4. The predicted molar refractivity (Wildman–Crippen MR) is 99.8 cm³/mol. The summed E-state index contributed by atoms with van der Waals surface area (Å²) in [5.41, 5.74) is 0. The molecule has 0 amide bonds. The van der Waals surface area contributed by atoms with Gasteiger partial charge in [0, 0.05) is 38.9 Å². The van der Waals surface area contributed by atoms with E-state index < -0.39 is 50.9 Å².